The molecular formula is C23H26N2O5S. The highest BCUT2D eigenvalue weighted by Crippen LogP contribution is 2.29. The molecule has 0 fully saturated rings. The van der Waals surface area contributed by atoms with E-state index in [0.717, 1.165) is 16.7 Å². The molecule has 1 unspecified atom stereocenters. The first kappa shape index (κ1) is 22.6. The van der Waals surface area contributed by atoms with Gasteiger partial charge in [-0.1, -0.05) is 35.9 Å². The van der Waals surface area contributed by atoms with E-state index in [4.69, 9.17) is 4.74 Å². The molecule has 7 nitrogen and oxygen atoms in total. The van der Waals surface area contributed by atoms with E-state index in [-0.39, 0.29) is 22.8 Å². The number of amides is 2. The van der Waals surface area contributed by atoms with Gasteiger partial charge in [0.15, 0.2) is 9.84 Å². The molecule has 2 aromatic carbocycles. The summed E-state index contributed by atoms with van der Waals surface area (Å²) in [7, 11) is -3.82. The van der Waals surface area contributed by atoms with Crippen LogP contribution < -0.4 is 10.6 Å². The zero-order valence-electron chi connectivity index (χ0n) is 18.0. The number of hydrogen-bond acceptors (Lipinski definition) is 5. The third-order valence-electron chi connectivity index (χ3n) is 5.23. The molecule has 0 bridgehead atoms. The van der Waals surface area contributed by atoms with Crippen molar-refractivity contribution >= 4 is 21.8 Å². The first-order valence-corrected chi connectivity index (χ1v) is 11.6. The Morgan fingerprint density at radius 2 is 1.71 bits per heavy atom. The second-order valence-electron chi connectivity index (χ2n) is 7.56. The van der Waals surface area contributed by atoms with Crippen molar-refractivity contribution < 1.29 is 22.7 Å². The highest BCUT2D eigenvalue weighted by Gasteiger charge is 2.35. The minimum absolute atomic E-state index is 0.0194. The Balaban J connectivity index is 2.10. The molecule has 1 atom stereocenters. The standard InChI is InChI=1S/C23H26N2O5S/c1-5-30-22(26)20-19(13-31(28,29)18-11-8-15(3)16(4)12-18)24-23(27)25-21(20)17-9-6-14(2)7-10-17/h6-12,21H,5,13H2,1-4H3,(H2,24,25,27). The molecular weight excluding hydrogens is 416 g/mol. The first-order valence-electron chi connectivity index (χ1n) is 9.96. The van der Waals surface area contributed by atoms with Crippen LogP contribution in [0.3, 0.4) is 0 Å². The molecule has 3 rings (SSSR count). The van der Waals surface area contributed by atoms with Gasteiger partial charge in [0, 0.05) is 5.70 Å². The minimum atomic E-state index is -3.82. The van der Waals surface area contributed by atoms with E-state index in [1.165, 1.54) is 6.07 Å². The molecule has 0 radical (unpaired) electrons. The number of aryl methyl sites for hydroxylation is 3. The normalized spacial score (nSPS) is 16.5. The molecule has 31 heavy (non-hydrogen) atoms. The molecule has 0 aliphatic carbocycles. The SMILES string of the molecule is CCOC(=O)C1=C(CS(=O)(=O)c2ccc(C)c(C)c2)NC(=O)NC1c1ccc(C)cc1. The van der Waals surface area contributed by atoms with E-state index in [0.29, 0.717) is 5.56 Å². The summed E-state index contributed by atoms with van der Waals surface area (Å²) in [5.74, 6) is -1.20. The van der Waals surface area contributed by atoms with Gasteiger partial charge in [0.1, 0.15) is 0 Å². The number of benzene rings is 2. The van der Waals surface area contributed by atoms with E-state index in [9.17, 15) is 18.0 Å². The molecule has 164 valence electrons. The van der Waals surface area contributed by atoms with Gasteiger partial charge in [-0.2, -0.15) is 0 Å². The van der Waals surface area contributed by atoms with Gasteiger partial charge in [-0.25, -0.2) is 18.0 Å². The Labute approximate surface area is 182 Å². The van der Waals surface area contributed by atoms with Crippen molar-refractivity contribution in [3.05, 3.63) is 76.0 Å². The minimum Gasteiger partial charge on any atom is -0.463 e. The van der Waals surface area contributed by atoms with Crippen LogP contribution in [0.25, 0.3) is 0 Å². The van der Waals surface area contributed by atoms with Gasteiger partial charge in [0.05, 0.1) is 28.9 Å². The molecule has 2 amide bonds. The molecule has 0 aromatic heterocycles. The van der Waals surface area contributed by atoms with Gasteiger partial charge < -0.3 is 15.4 Å². The molecule has 0 spiro atoms. The monoisotopic (exact) mass is 442 g/mol. The van der Waals surface area contributed by atoms with Crippen LogP contribution >= 0.6 is 0 Å². The number of esters is 1. The molecule has 0 saturated heterocycles. The van der Waals surface area contributed by atoms with Gasteiger partial charge in [0.25, 0.3) is 0 Å². The van der Waals surface area contributed by atoms with Crippen LogP contribution in [0, 0.1) is 20.8 Å². The maximum absolute atomic E-state index is 13.1. The molecule has 1 aliphatic rings. The summed E-state index contributed by atoms with van der Waals surface area (Å²) in [6.45, 7) is 7.44. The lowest BCUT2D eigenvalue weighted by molar-refractivity contribution is -0.139. The van der Waals surface area contributed by atoms with Crippen molar-refractivity contribution in [2.75, 3.05) is 12.4 Å². The fraction of sp³-hybridized carbons (Fsp3) is 0.304. The summed E-state index contributed by atoms with van der Waals surface area (Å²) >= 11 is 0. The van der Waals surface area contributed by atoms with Crippen LogP contribution in [0.2, 0.25) is 0 Å². The summed E-state index contributed by atoms with van der Waals surface area (Å²) < 4.78 is 31.4. The number of hydrogen-bond donors (Lipinski definition) is 2. The number of sulfone groups is 1. The summed E-state index contributed by atoms with van der Waals surface area (Å²) in [6, 6.07) is 10.8. The summed E-state index contributed by atoms with van der Waals surface area (Å²) in [6.07, 6.45) is 0. The average Bonchev–Trinajstić information content (AvgIpc) is 2.70. The highest BCUT2D eigenvalue weighted by molar-refractivity contribution is 7.91. The second kappa shape index (κ2) is 8.93. The van der Waals surface area contributed by atoms with Gasteiger partial charge in [-0.15, -0.1) is 0 Å². The van der Waals surface area contributed by atoms with Crippen molar-refractivity contribution in [3.63, 3.8) is 0 Å². The molecule has 2 N–H and O–H groups in total. The van der Waals surface area contributed by atoms with Crippen molar-refractivity contribution in [2.24, 2.45) is 0 Å². The van der Waals surface area contributed by atoms with Gasteiger partial charge in [-0.3, -0.25) is 0 Å². The Hall–Kier alpha value is -3.13. The van der Waals surface area contributed by atoms with E-state index < -0.39 is 33.6 Å². The lowest BCUT2D eigenvalue weighted by atomic mass is 9.95. The number of carbonyl (C=O) groups is 2. The second-order valence-corrected chi connectivity index (χ2v) is 9.55. The van der Waals surface area contributed by atoms with E-state index >= 15 is 0 Å². The number of nitrogens with one attached hydrogen (secondary N) is 2. The van der Waals surface area contributed by atoms with Crippen molar-refractivity contribution in [3.8, 4) is 0 Å². The Kier molecular flexibility index (Phi) is 6.50. The average molecular weight is 443 g/mol. The molecule has 1 aliphatic heterocycles. The number of urea groups is 1. The number of ether oxygens (including phenoxy) is 1. The van der Waals surface area contributed by atoms with Crippen LogP contribution in [-0.4, -0.2) is 32.8 Å². The third-order valence-corrected chi connectivity index (χ3v) is 6.87. The Morgan fingerprint density at radius 3 is 2.32 bits per heavy atom. The van der Waals surface area contributed by atoms with Crippen LogP contribution in [0.4, 0.5) is 4.79 Å². The van der Waals surface area contributed by atoms with E-state index in [1.807, 2.05) is 32.9 Å². The van der Waals surface area contributed by atoms with Crippen molar-refractivity contribution in [2.45, 2.75) is 38.6 Å². The maximum atomic E-state index is 13.1. The third kappa shape index (κ3) is 4.96. The molecule has 1 heterocycles. The number of rotatable bonds is 6. The lowest BCUT2D eigenvalue weighted by Gasteiger charge is -2.29. The Bertz CT molecular complexity index is 1150. The van der Waals surface area contributed by atoms with Gasteiger partial charge >= 0.3 is 12.0 Å². The highest BCUT2D eigenvalue weighted by atomic mass is 32.2. The van der Waals surface area contributed by atoms with Crippen LogP contribution in [0.15, 0.2) is 58.6 Å². The first-order chi connectivity index (χ1) is 14.6. The lowest BCUT2D eigenvalue weighted by Crippen LogP contribution is -2.47. The Morgan fingerprint density at radius 1 is 1.03 bits per heavy atom. The van der Waals surface area contributed by atoms with Crippen molar-refractivity contribution in [1.29, 1.82) is 0 Å². The number of carbonyl (C=O) groups excluding carboxylic acids is 2. The predicted octanol–water partition coefficient (Wildman–Crippen LogP) is 3.26. The van der Waals surface area contributed by atoms with Crippen LogP contribution in [0.1, 0.15) is 35.2 Å². The van der Waals surface area contributed by atoms with Gasteiger partial charge in [-0.05, 0) is 56.5 Å². The smallest absolute Gasteiger partial charge is 0.338 e. The largest absolute Gasteiger partial charge is 0.463 e. The summed E-state index contributed by atoms with van der Waals surface area (Å²) in [4.78, 5) is 25.3. The van der Waals surface area contributed by atoms with E-state index in [2.05, 4.69) is 10.6 Å². The maximum Gasteiger partial charge on any atom is 0.338 e. The predicted molar refractivity (Wildman–Crippen MR) is 117 cm³/mol. The van der Waals surface area contributed by atoms with E-state index in [1.54, 1.807) is 31.2 Å². The quantitative estimate of drug-likeness (QED) is 0.669. The zero-order chi connectivity index (χ0) is 22.8. The van der Waals surface area contributed by atoms with Gasteiger partial charge in [0.2, 0.25) is 0 Å². The van der Waals surface area contributed by atoms with Crippen LogP contribution in [-0.2, 0) is 19.4 Å². The zero-order valence-corrected chi connectivity index (χ0v) is 18.8. The van der Waals surface area contributed by atoms with Crippen molar-refractivity contribution in [1.82, 2.24) is 10.6 Å². The topological polar surface area (TPSA) is 102 Å². The summed E-state index contributed by atoms with van der Waals surface area (Å²) in [5, 5.41) is 5.23. The molecule has 0 saturated carbocycles. The fourth-order valence-corrected chi connectivity index (χ4v) is 4.78. The van der Waals surface area contributed by atoms with Crippen LogP contribution in [0.5, 0.6) is 0 Å². The summed E-state index contributed by atoms with van der Waals surface area (Å²) in [5.41, 5.74) is 3.59. The molecule has 8 heteroatoms. The molecule has 2 aromatic rings. The fourth-order valence-electron chi connectivity index (χ4n) is 3.37.